The highest BCUT2D eigenvalue weighted by atomic mass is 16.4. The van der Waals surface area contributed by atoms with Crippen molar-refractivity contribution in [1.82, 2.24) is 0 Å². The van der Waals surface area contributed by atoms with Crippen molar-refractivity contribution in [1.29, 1.82) is 0 Å². The van der Waals surface area contributed by atoms with Crippen molar-refractivity contribution in [3.63, 3.8) is 0 Å². The van der Waals surface area contributed by atoms with Crippen molar-refractivity contribution >= 4 is 5.97 Å². The second-order valence-corrected chi connectivity index (χ2v) is 5.99. The summed E-state index contributed by atoms with van der Waals surface area (Å²) in [6, 6.07) is 5.37. The molecule has 16 heavy (non-hydrogen) atoms. The first-order valence-electron chi connectivity index (χ1n) is 5.60. The van der Waals surface area contributed by atoms with Gasteiger partial charge in [-0.25, -0.2) is 0 Å². The Morgan fingerprint density at radius 3 is 2.25 bits per heavy atom. The monoisotopic (exact) mass is 217 g/mol. The molecule has 1 aromatic carbocycles. The SMILES string of the molecule is CC1(C)CC(C)(C)c2cc(C(=O)[O-])ccc21. The minimum absolute atomic E-state index is 0.0459. The fraction of sp³-hybridized carbons (Fsp3) is 0.500. The normalized spacial score (nSPS) is 20.5. The van der Waals surface area contributed by atoms with Crippen molar-refractivity contribution < 1.29 is 9.90 Å². The van der Waals surface area contributed by atoms with Crippen LogP contribution in [0.5, 0.6) is 0 Å². The van der Waals surface area contributed by atoms with Crippen LogP contribution in [0.1, 0.15) is 55.6 Å². The molecular formula is C14H17O2-. The molecule has 2 rings (SSSR count). The van der Waals surface area contributed by atoms with Crippen LogP contribution in [0.3, 0.4) is 0 Å². The number of hydrogen-bond donors (Lipinski definition) is 0. The summed E-state index contributed by atoms with van der Waals surface area (Å²) < 4.78 is 0. The third-order valence-electron chi connectivity index (χ3n) is 3.60. The number of aromatic carboxylic acids is 1. The van der Waals surface area contributed by atoms with Gasteiger partial charge in [0.05, 0.1) is 5.97 Å². The smallest absolute Gasteiger partial charge is 0.0715 e. The van der Waals surface area contributed by atoms with E-state index >= 15 is 0 Å². The average molecular weight is 217 g/mol. The molecule has 0 heterocycles. The minimum Gasteiger partial charge on any atom is -0.545 e. The van der Waals surface area contributed by atoms with Crippen LogP contribution in [0.4, 0.5) is 0 Å². The molecule has 1 aromatic rings. The van der Waals surface area contributed by atoms with E-state index in [1.807, 2.05) is 6.07 Å². The van der Waals surface area contributed by atoms with Crippen LogP contribution < -0.4 is 5.11 Å². The zero-order valence-corrected chi connectivity index (χ0v) is 10.3. The lowest BCUT2D eigenvalue weighted by Gasteiger charge is -2.22. The number of fused-ring (bicyclic) bond motifs is 1. The Kier molecular flexibility index (Phi) is 2.16. The summed E-state index contributed by atoms with van der Waals surface area (Å²) in [4.78, 5) is 10.9. The molecule has 0 aliphatic heterocycles. The van der Waals surface area contributed by atoms with Gasteiger partial charge in [0.1, 0.15) is 0 Å². The van der Waals surface area contributed by atoms with E-state index in [1.54, 1.807) is 12.1 Å². The van der Waals surface area contributed by atoms with Gasteiger partial charge in [-0.2, -0.15) is 0 Å². The maximum atomic E-state index is 10.9. The molecule has 0 aromatic heterocycles. The summed E-state index contributed by atoms with van der Waals surface area (Å²) in [6.45, 7) is 8.75. The van der Waals surface area contributed by atoms with Gasteiger partial charge in [0, 0.05) is 0 Å². The molecule has 0 bridgehead atoms. The first-order valence-corrected chi connectivity index (χ1v) is 5.60. The number of carboxylic acids is 1. The van der Waals surface area contributed by atoms with E-state index < -0.39 is 5.97 Å². The Morgan fingerprint density at radius 2 is 1.69 bits per heavy atom. The summed E-state index contributed by atoms with van der Waals surface area (Å²) in [5.74, 6) is -1.09. The molecule has 0 unspecified atom stereocenters. The van der Waals surface area contributed by atoms with Gasteiger partial charge in [0.25, 0.3) is 0 Å². The number of carboxylic acid groups (broad SMARTS) is 1. The average Bonchev–Trinajstić information content (AvgIpc) is 2.32. The summed E-state index contributed by atoms with van der Waals surface area (Å²) in [5, 5.41) is 10.9. The van der Waals surface area contributed by atoms with E-state index in [-0.39, 0.29) is 16.4 Å². The van der Waals surface area contributed by atoms with Gasteiger partial charge in [-0.3, -0.25) is 0 Å². The predicted molar refractivity (Wildman–Crippen MR) is 61.4 cm³/mol. The molecule has 0 fully saturated rings. The summed E-state index contributed by atoms with van der Waals surface area (Å²) >= 11 is 0. The van der Waals surface area contributed by atoms with E-state index in [2.05, 4.69) is 27.7 Å². The summed E-state index contributed by atoms with van der Waals surface area (Å²) in [6.07, 6.45) is 1.05. The van der Waals surface area contributed by atoms with Crippen LogP contribution in [-0.2, 0) is 10.8 Å². The highest BCUT2D eigenvalue weighted by Crippen LogP contribution is 2.49. The van der Waals surface area contributed by atoms with Gasteiger partial charge in [-0.05, 0) is 40.0 Å². The van der Waals surface area contributed by atoms with Crippen LogP contribution in [-0.4, -0.2) is 5.97 Å². The van der Waals surface area contributed by atoms with Crippen molar-refractivity contribution in [3.05, 3.63) is 34.9 Å². The molecule has 0 saturated heterocycles. The van der Waals surface area contributed by atoms with Gasteiger partial charge < -0.3 is 9.90 Å². The van der Waals surface area contributed by atoms with Crippen LogP contribution in [0, 0.1) is 0 Å². The maximum Gasteiger partial charge on any atom is 0.0715 e. The molecule has 0 N–H and O–H groups in total. The Balaban J connectivity index is 2.63. The summed E-state index contributed by atoms with van der Waals surface area (Å²) in [7, 11) is 0. The van der Waals surface area contributed by atoms with Gasteiger partial charge in [0.2, 0.25) is 0 Å². The van der Waals surface area contributed by atoms with Gasteiger partial charge >= 0.3 is 0 Å². The van der Waals surface area contributed by atoms with E-state index in [9.17, 15) is 9.90 Å². The number of hydrogen-bond acceptors (Lipinski definition) is 2. The fourth-order valence-electron chi connectivity index (χ4n) is 3.12. The van der Waals surface area contributed by atoms with Crippen molar-refractivity contribution in [2.75, 3.05) is 0 Å². The lowest BCUT2D eigenvalue weighted by atomic mass is 9.82. The predicted octanol–water partition coefficient (Wildman–Crippen LogP) is 2.01. The first kappa shape index (κ1) is 11.2. The highest BCUT2D eigenvalue weighted by molar-refractivity contribution is 5.86. The molecule has 86 valence electrons. The molecule has 2 heteroatoms. The molecular weight excluding hydrogens is 200 g/mol. The molecule has 0 atom stereocenters. The molecule has 0 saturated carbocycles. The van der Waals surface area contributed by atoms with Gasteiger partial charge in [-0.1, -0.05) is 39.8 Å². The Hall–Kier alpha value is -1.31. The molecule has 2 nitrogen and oxygen atoms in total. The topological polar surface area (TPSA) is 40.1 Å². The highest BCUT2D eigenvalue weighted by Gasteiger charge is 2.41. The van der Waals surface area contributed by atoms with Gasteiger partial charge in [0.15, 0.2) is 0 Å². The molecule has 1 aliphatic rings. The number of benzene rings is 1. The van der Waals surface area contributed by atoms with E-state index in [1.165, 1.54) is 5.56 Å². The minimum atomic E-state index is -1.09. The van der Waals surface area contributed by atoms with Crippen LogP contribution in [0.2, 0.25) is 0 Å². The second-order valence-electron chi connectivity index (χ2n) is 5.99. The van der Waals surface area contributed by atoms with Gasteiger partial charge in [-0.15, -0.1) is 0 Å². The van der Waals surface area contributed by atoms with Crippen molar-refractivity contribution in [2.45, 2.75) is 44.9 Å². The third-order valence-corrected chi connectivity index (χ3v) is 3.60. The zero-order valence-electron chi connectivity index (χ0n) is 10.3. The number of rotatable bonds is 1. The molecule has 0 spiro atoms. The maximum absolute atomic E-state index is 10.9. The van der Waals surface area contributed by atoms with Crippen molar-refractivity contribution in [3.8, 4) is 0 Å². The number of carbonyl (C=O) groups excluding carboxylic acids is 1. The second kappa shape index (κ2) is 3.09. The lowest BCUT2D eigenvalue weighted by Crippen LogP contribution is -2.23. The zero-order chi connectivity index (χ0) is 12.1. The summed E-state index contributed by atoms with van der Waals surface area (Å²) in [5.41, 5.74) is 2.87. The Morgan fingerprint density at radius 1 is 1.12 bits per heavy atom. The van der Waals surface area contributed by atoms with E-state index in [0.717, 1.165) is 12.0 Å². The first-order chi connectivity index (χ1) is 7.24. The number of carbonyl (C=O) groups is 1. The van der Waals surface area contributed by atoms with Crippen LogP contribution in [0.25, 0.3) is 0 Å². The van der Waals surface area contributed by atoms with Crippen molar-refractivity contribution in [2.24, 2.45) is 0 Å². The largest absolute Gasteiger partial charge is 0.545 e. The quantitative estimate of drug-likeness (QED) is 0.722. The van der Waals surface area contributed by atoms with Crippen LogP contribution in [0.15, 0.2) is 18.2 Å². The standard InChI is InChI=1S/C14H18O2/c1-13(2)8-14(3,4)11-7-9(12(15)16)5-6-10(11)13/h5-7H,8H2,1-4H3,(H,15,16)/p-1. The van der Waals surface area contributed by atoms with E-state index in [0.29, 0.717) is 0 Å². The third kappa shape index (κ3) is 1.53. The molecule has 0 radical (unpaired) electrons. The molecule has 0 amide bonds. The van der Waals surface area contributed by atoms with E-state index in [4.69, 9.17) is 0 Å². The molecule has 1 aliphatic carbocycles. The lowest BCUT2D eigenvalue weighted by molar-refractivity contribution is -0.255. The Labute approximate surface area is 96.3 Å². The van der Waals surface area contributed by atoms with Crippen LogP contribution >= 0.6 is 0 Å². The Bertz CT molecular complexity index is 456. The fourth-order valence-corrected chi connectivity index (χ4v) is 3.12.